The van der Waals surface area contributed by atoms with Crippen LogP contribution in [-0.4, -0.2) is 25.0 Å². The Labute approximate surface area is 142 Å². The van der Waals surface area contributed by atoms with Gasteiger partial charge in [-0.25, -0.2) is 4.39 Å². The average Bonchev–Trinajstić information content (AvgIpc) is 2.75. The Hall–Kier alpha value is -0.840. The van der Waals surface area contributed by atoms with Crippen molar-refractivity contribution in [3.8, 4) is 0 Å². The monoisotopic (exact) mass is 348 g/mol. The lowest BCUT2D eigenvalue weighted by Gasteiger charge is -2.16. The zero-order valence-electron chi connectivity index (χ0n) is 12.5. The Morgan fingerprint density at radius 2 is 1.86 bits per heavy atom. The summed E-state index contributed by atoms with van der Waals surface area (Å²) in [7, 11) is 0. The van der Waals surface area contributed by atoms with Gasteiger partial charge >= 0.3 is 0 Å². The third kappa shape index (κ3) is 5.75. The van der Waals surface area contributed by atoms with Gasteiger partial charge in [-0.1, -0.05) is 43.4 Å². The molecule has 0 saturated heterocycles. The van der Waals surface area contributed by atoms with E-state index in [0.29, 0.717) is 12.6 Å². The van der Waals surface area contributed by atoms with Gasteiger partial charge < -0.3 is 10.6 Å². The van der Waals surface area contributed by atoms with Crippen LogP contribution in [0.15, 0.2) is 18.2 Å². The molecule has 124 valence electrons. The second-order valence-corrected chi connectivity index (χ2v) is 5.88. The van der Waals surface area contributed by atoms with Crippen molar-refractivity contribution in [2.24, 2.45) is 0 Å². The molecule has 0 heterocycles. The molecular weight excluding hydrogens is 326 g/mol. The quantitative estimate of drug-likeness (QED) is 0.624. The minimum absolute atomic E-state index is 0. The molecule has 1 aromatic rings. The van der Waals surface area contributed by atoms with Crippen LogP contribution < -0.4 is 10.6 Å². The molecule has 0 aliphatic heterocycles. The van der Waals surface area contributed by atoms with Crippen LogP contribution in [0.5, 0.6) is 0 Å². The van der Waals surface area contributed by atoms with E-state index in [-0.39, 0.29) is 28.9 Å². The number of carbonyl (C=O) groups is 1. The van der Waals surface area contributed by atoms with Crippen LogP contribution in [0.3, 0.4) is 0 Å². The van der Waals surface area contributed by atoms with Crippen molar-refractivity contribution >= 4 is 29.9 Å². The van der Waals surface area contributed by atoms with E-state index in [1.54, 1.807) is 0 Å². The van der Waals surface area contributed by atoms with E-state index >= 15 is 0 Å². The third-order valence-corrected chi connectivity index (χ3v) is 4.28. The predicted molar refractivity (Wildman–Crippen MR) is 90.5 cm³/mol. The average molecular weight is 349 g/mol. The topological polar surface area (TPSA) is 41.1 Å². The lowest BCUT2D eigenvalue weighted by molar-refractivity contribution is 0.0953. The zero-order valence-corrected chi connectivity index (χ0v) is 14.1. The molecule has 0 unspecified atom stereocenters. The fourth-order valence-electron chi connectivity index (χ4n) is 2.71. The molecule has 1 aromatic carbocycles. The molecule has 0 spiro atoms. The number of carbonyl (C=O) groups excluding carboxylic acids is 1. The summed E-state index contributed by atoms with van der Waals surface area (Å²) >= 11 is 5.79. The lowest BCUT2D eigenvalue weighted by Crippen LogP contribution is -2.37. The van der Waals surface area contributed by atoms with Crippen LogP contribution in [0, 0.1) is 5.82 Å². The van der Waals surface area contributed by atoms with Crippen molar-refractivity contribution < 1.29 is 9.18 Å². The summed E-state index contributed by atoms with van der Waals surface area (Å²) in [5.41, 5.74) is 0.186. The van der Waals surface area contributed by atoms with Gasteiger partial charge in [0.05, 0.1) is 10.6 Å². The van der Waals surface area contributed by atoms with Crippen molar-refractivity contribution in [2.45, 2.75) is 44.6 Å². The number of benzene rings is 1. The van der Waals surface area contributed by atoms with E-state index < -0.39 is 5.82 Å². The highest BCUT2D eigenvalue weighted by molar-refractivity contribution is 6.34. The summed E-state index contributed by atoms with van der Waals surface area (Å²) in [5, 5.41) is 6.12. The second kappa shape index (κ2) is 10.0. The lowest BCUT2D eigenvalue weighted by atomic mass is 10.1. The summed E-state index contributed by atoms with van der Waals surface area (Å²) in [5.74, 6) is -0.900. The van der Waals surface area contributed by atoms with Crippen LogP contribution in [-0.2, 0) is 0 Å². The van der Waals surface area contributed by atoms with Gasteiger partial charge in [-0.15, -0.1) is 12.4 Å². The number of rotatable bonds is 5. The van der Waals surface area contributed by atoms with Gasteiger partial charge in [-0.3, -0.25) is 4.79 Å². The number of nitrogens with one attached hydrogen (secondary N) is 2. The first-order valence-electron chi connectivity index (χ1n) is 7.64. The van der Waals surface area contributed by atoms with Crippen LogP contribution in [0.25, 0.3) is 0 Å². The van der Waals surface area contributed by atoms with Gasteiger partial charge in [0.15, 0.2) is 0 Å². The van der Waals surface area contributed by atoms with Gasteiger partial charge in [-0.2, -0.15) is 0 Å². The fourth-order valence-corrected chi connectivity index (χ4v) is 2.92. The van der Waals surface area contributed by atoms with Crippen LogP contribution in [0.4, 0.5) is 4.39 Å². The van der Waals surface area contributed by atoms with E-state index in [0.717, 1.165) is 6.54 Å². The van der Waals surface area contributed by atoms with Crippen molar-refractivity contribution in [2.75, 3.05) is 13.1 Å². The molecule has 2 N–H and O–H groups in total. The summed E-state index contributed by atoms with van der Waals surface area (Å²) in [4.78, 5) is 11.9. The van der Waals surface area contributed by atoms with Crippen LogP contribution in [0.1, 0.15) is 48.9 Å². The van der Waals surface area contributed by atoms with Gasteiger partial charge in [0.1, 0.15) is 5.82 Å². The third-order valence-electron chi connectivity index (χ3n) is 3.89. The molecule has 6 heteroatoms. The van der Waals surface area contributed by atoms with Gasteiger partial charge in [-0.05, 0) is 25.0 Å². The maximum Gasteiger partial charge on any atom is 0.252 e. The first-order chi connectivity index (χ1) is 10.2. The highest BCUT2D eigenvalue weighted by Crippen LogP contribution is 2.19. The number of hydrogen-bond acceptors (Lipinski definition) is 2. The second-order valence-electron chi connectivity index (χ2n) is 5.50. The molecule has 1 aliphatic carbocycles. The molecule has 0 bridgehead atoms. The molecule has 0 atom stereocenters. The van der Waals surface area contributed by atoms with E-state index in [1.165, 1.54) is 56.7 Å². The fraction of sp³-hybridized carbons (Fsp3) is 0.562. The Kier molecular flexibility index (Phi) is 8.76. The minimum atomic E-state index is -0.569. The van der Waals surface area contributed by atoms with Gasteiger partial charge in [0, 0.05) is 19.1 Å². The molecule has 1 saturated carbocycles. The Balaban J connectivity index is 0.00000242. The van der Waals surface area contributed by atoms with E-state index in [1.807, 2.05) is 0 Å². The van der Waals surface area contributed by atoms with Gasteiger partial charge in [0.2, 0.25) is 0 Å². The molecular formula is C16H23Cl2FN2O. The van der Waals surface area contributed by atoms with Crippen molar-refractivity contribution in [1.82, 2.24) is 10.6 Å². The molecule has 0 aromatic heterocycles. The smallest absolute Gasteiger partial charge is 0.252 e. The zero-order chi connectivity index (χ0) is 15.1. The maximum absolute atomic E-state index is 13.3. The number of hydrogen-bond donors (Lipinski definition) is 2. The summed E-state index contributed by atoms with van der Waals surface area (Å²) in [6, 6.07) is 4.81. The van der Waals surface area contributed by atoms with Crippen molar-refractivity contribution in [3.63, 3.8) is 0 Å². The first-order valence-corrected chi connectivity index (χ1v) is 8.02. The summed E-state index contributed by atoms with van der Waals surface area (Å²) in [6.07, 6.45) is 7.64. The number of amides is 1. The van der Waals surface area contributed by atoms with E-state index in [2.05, 4.69) is 10.6 Å². The van der Waals surface area contributed by atoms with Crippen LogP contribution in [0.2, 0.25) is 5.02 Å². The van der Waals surface area contributed by atoms with Crippen molar-refractivity contribution in [1.29, 1.82) is 0 Å². The SMILES string of the molecule is Cl.O=C(NCCNC1CCCCCC1)c1cccc(F)c1Cl. The highest BCUT2D eigenvalue weighted by Gasteiger charge is 2.14. The van der Waals surface area contributed by atoms with Gasteiger partial charge in [0.25, 0.3) is 5.91 Å². The molecule has 0 radical (unpaired) electrons. The predicted octanol–water partition coefficient (Wildman–Crippen LogP) is 3.94. The molecule has 3 nitrogen and oxygen atoms in total. The van der Waals surface area contributed by atoms with E-state index in [4.69, 9.17) is 11.6 Å². The first kappa shape index (κ1) is 19.2. The van der Waals surface area contributed by atoms with E-state index in [9.17, 15) is 9.18 Å². The standard InChI is InChI=1S/C16H22ClFN2O.ClH/c17-15-13(8-5-9-14(15)18)16(21)20-11-10-19-12-6-3-1-2-4-7-12;/h5,8-9,12,19H,1-4,6-7,10-11H2,(H,20,21);1H. The largest absolute Gasteiger partial charge is 0.351 e. The highest BCUT2D eigenvalue weighted by atomic mass is 35.5. The summed E-state index contributed by atoms with van der Waals surface area (Å²) < 4.78 is 13.3. The van der Waals surface area contributed by atoms with Crippen molar-refractivity contribution in [3.05, 3.63) is 34.6 Å². The molecule has 2 rings (SSSR count). The van der Waals surface area contributed by atoms with Crippen LogP contribution >= 0.6 is 24.0 Å². The molecule has 1 aliphatic rings. The Bertz CT molecular complexity index is 477. The maximum atomic E-state index is 13.3. The molecule has 1 fully saturated rings. The normalized spacial score (nSPS) is 15.7. The molecule has 22 heavy (non-hydrogen) atoms. The Morgan fingerprint density at radius 1 is 1.18 bits per heavy atom. The minimum Gasteiger partial charge on any atom is -0.351 e. The molecule has 1 amide bonds. The summed E-state index contributed by atoms with van der Waals surface area (Å²) in [6.45, 7) is 1.24. The Morgan fingerprint density at radius 3 is 2.55 bits per heavy atom. The number of halogens is 3.